The third-order valence-corrected chi connectivity index (χ3v) is 4.72. The lowest BCUT2D eigenvalue weighted by Gasteiger charge is -2.24. The van der Waals surface area contributed by atoms with Crippen molar-refractivity contribution in [1.29, 1.82) is 0 Å². The summed E-state index contributed by atoms with van der Waals surface area (Å²) in [5, 5.41) is 3.38. The van der Waals surface area contributed by atoms with Crippen LogP contribution in [-0.2, 0) is 25.6 Å². The van der Waals surface area contributed by atoms with E-state index < -0.39 is 34.0 Å². The molecule has 3 rings (SSSR count). The van der Waals surface area contributed by atoms with E-state index in [0.29, 0.717) is 22.9 Å². The molecule has 1 aromatic heterocycles. The standard InChI is InChI=1S/C18H22N2O6S/c1-18(2,3)25-17(22)19-13-9-20-14-8-6-5-7-11(14)12(10-21)15(20)16(13)26-27(4,23)24/h5-8,10,13,16H,9H2,1-4H3,(H,19,22)/t13-,16+/m0/s1. The van der Waals surface area contributed by atoms with Crippen LogP contribution in [0.3, 0.4) is 0 Å². The number of nitrogens with zero attached hydrogens (tertiary/aromatic N) is 1. The van der Waals surface area contributed by atoms with Crippen LogP contribution >= 0.6 is 0 Å². The molecule has 27 heavy (non-hydrogen) atoms. The average molecular weight is 394 g/mol. The number of amides is 1. The predicted octanol–water partition coefficient (Wildman–Crippen LogP) is 2.38. The fraction of sp³-hybridized carbons (Fsp3) is 0.444. The zero-order chi connectivity index (χ0) is 20.0. The van der Waals surface area contributed by atoms with Crippen molar-refractivity contribution in [2.45, 2.75) is 45.1 Å². The van der Waals surface area contributed by atoms with E-state index in [9.17, 15) is 18.0 Å². The molecule has 2 atom stereocenters. The molecule has 0 aliphatic carbocycles. The Morgan fingerprint density at radius 3 is 2.56 bits per heavy atom. The van der Waals surface area contributed by atoms with Crippen LogP contribution in [0.2, 0.25) is 0 Å². The number of hydrogen-bond acceptors (Lipinski definition) is 6. The van der Waals surface area contributed by atoms with E-state index in [1.54, 1.807) is 37.5 Å². The van der Waals surface area contributed by atoms with Gasteiger partial charge >= 0.3 is 6.09 Å². The Hall–Kier alpha value is -2.39. The van der Waals surface area contributed by atoms with E-state index in [1.165, 1.54) is 0 Å². The third kappa shape index (κ3) is 3.98. The van der Waals surface area contributed by atoms with Crippen LogP contribution in [0.1, 0.15) is 42.9 Å². The van der Waals surface area contributed by atoms with Gasteiger partial charge in [0, 0.05) is 23.0 Å². The molecule has 1 aliphatic rings. The summed E-state index contributed by atoms with van der Waals surface area (Å²) in [6.45, 7) is 5.44. The SMILES string of the molecule is CC(C)(C)OC(=O)N[C@H]1Cn2c(c(C=O)c3ccccc32)[C@@H]1OS(C)(=O)=O. The van der Waals surface area contributed by atoms with Gasteiger partial charge in [-0.05, 0) is 26.8 Å². The van der Waals surface area contributed by atoms with Crippen molar-refractivity contribution in [3.63, 3.8) is 0 Å². The maximum Gasteiger partial charge on any atom is 0.408 e. The van der Waals surface area contributed by atoms with Crippen molar-refractivity contribution >= 4 is 33.4 Å². The molecule has 1 N–H and O–H groups in total. The van der Waals surface area contributed by atoms with Gasteiger partial charge in [-0.15, -0.1) is 0 Å². The molecule has 146 valence electrons. The normalized spacial score (nSPS) is 19.7. The highest BCUT2D eigenvalue weighted by Crippen LogP contribution is 2.39. The highest BCUT2D eigenvalue weighted by atomic mass is 32.2. The van der Waals surface area contributed by atoms with Crippen molar-refractivity contribution in [3.8, 4) is 0 Å². The van der Waals surface area contributed by atoms with Gasteiger partial charge in [0.25, 0.3) is 10.1 Å². The van der Waals surface area contributed by atoms with Crippen LogP contribution in [-0.4, -0.2) is 43.3 Å². The number of carbonyl (C=O) groups excluding carboxylic acids is 2. The molecule has 0 radical (unpaired) electrons. The lowest BCUT2D eigenvalue weighted by Crippen LogP contribution is -2.42. The number of alkyl carbamates (subject to hydrolysis) is 1. The minimum Gasteiger partial charge on any atom is -0.444 e. The molecular formula is C18H22N2O6S. The summed E-state index contributed by atoms with van der Waals surface area (Å²) in [6.07, 6.45) is -0.0936. The van der Waals surface area contributed by atoms with Crippen molar-refractivity contribution < 1.29 is 26.9 Å². The molecule has 0 saturated heterocycles. The number of benzene rings is 1. The number of fused-ring (bicyclic) bond motifs is 3. The highest BCUT2D eigenvalue weighted by molar-refractivity contribution is 7.86. The number of para-hydroxylation sites is 1. The summed E-state index contributed by atoms with van der Waals surface area (Å²) >= 11 is 0. The summed E-state index contributed by atoms with van der Waals surface area (Å²) in [4.78, 5) is 23.9. The summed E-state index contributed by atoms with van der Waals surface area (Å²) in [5.74, 6) is 0. The van der Waals surface area contributed by atoms with Crippen molar-refractivity contribution in [3.05, 3.63) is 35.5 Å². The number of aromatic nitrogens is 1. The van der Waals surface area contributed by atoms with Crippen LogP contribution in [0.15, 0.2) is 24.3 Å². The minimum absolute atomic E-state index is 0.253. The molecule has 0 spiro atoms. The van der Waals surface area contributed by atoms with Gasteiger partial charge in [0.1, 0.15) is 11.7 Å². The molecule has 8 nitrogen and oxygen atoms in total. The van der Waals surface area contributed by atoms with E-state index in [-0.39, 0.29) is 6.54 Å². The predicted molar refractivity (Wildman–Crippen MR) is 99.2 cm³/mol. The summed E-state index contributed by atoms with van der Waals surface area (Å²) < 4.78 is 35.9. The molecule has 2 aromatic rings. The third-order valence-electron chi connectivity index (χ3n) is 4.16. The topological polar surface area (TPSA) is 104 Å². The van der Waals surface area contributed by atoms with Crippen LogP contribution in [0.5, 0.6) is 0 Å². The Kier molecular flexibility index (Phi) is 4.77. The van der Waals surface area contributed by atoms with E-state index in [2.05, 4.69) is 5.32 Å². The fourth-order valence-electron chi connectivity index (χ4n) is 3.34. The highest BCUT2D eigenvalue weighted by Gasteiger charge is 2.41. The van der Waals surface area contributed by atoms with Crippen LogP contribution in [0.4, 0.5) is 4.79 Å². The zero-order valence-electron chi connectivity index (χ0n) is 15.6. The molecule has 0 saturated carbocycles. The molecule has 1 aromatic carbocycles. The Labute approximate surface area is 157 Å². The number of nitrogens with one attached hydrogen (secondary N) is 1. The van der Waals surface area contributed by atoms with Gasteiger partial charge in [0.2, 0.25) is 0 Å². The second-order valence-corrected chi connectivity index (χ2v) is 9.12. The molecule has 2 heterocycles. The Balaban J connectivity index is 2.03. The van der Waals surface area contributed by atoms with Crippen molar-refractivity contribution in [2.24, 2.45) is 0 Å². The van der Waals surface area contributed by atoms with Crippen molar-refractivity contribution in [2.75, 3.05) is 6.26 Å². The minimum atomic E-state index is -3.84. The first-order valence-corrected chi connectivity index (χ1v) is 10.3. The monoisotopic (exact) mass is 394 g/mol. The molecule has 1 aliphatic heterocycles. The second-order valence-electron chi connectivity index (χ2n) is 7.52. The van der Waals surface area contributed by atoms with Crippen LogP contribution in [0, 0.1) is 0 Å². The number of aldehydes is 1. The molecule has 0 fully saturated rings. The van der Waals surface area contributed by atoms with Crippen molar-refractivity contribution in [1.82, 2.24) is 9.88 Å². The van der Waals surface area contributed by atoms with Gasteiger partial charge in [-0.25, -0.2) is 4.79 Å². The first-order valence-electron chi connectivity index (χ1n) is 8.44. The maximum atomic E-state index is 12.2. The van der Waals surface area contributed by atoms with Crippen LogP contribution < -0.4 is 5.32 Å². The Morgan fingerprint density at radius 1 is 1.30 bits per heavy atom. The number of rotatable bonds is 4. The first kappa shape index (κ1) is 19.4. The Bertz CT molecular complexity index is 1000. The zero-order valence-corrected chi connectivity index (χ0v) is 16.4. The van der Waals surface area contributed by atoms with E-state index >= 15 is 0 Å². The average Bonchev–Trinajstić information content (AvgIpc) is 2.99. The van der Waals surface area contributed by atoms with Crippen LogP contribution in [0.25, 0.3) is 10.9 Å². The number of ether oxygens (including phenoxy) is 1. The maximum absolute atomic E-state index is 12.2. The molecule has 0 bridgehead atoms. The molecule has 0 unspecified atom stereocenters. The van der Waals surface area contributed by atoms with Gasteiger partial charge in [0.05, 0.1) is 18.0 Å². The fourth-order valence-corrected chi connectivity index (χ4v) is 3.94. The van der Waals surface area contributed by atoms with Gasteiger partial charge in [-0.3, -0.25) is 8.98 Å². The molecule has 1 amide bonds. The largest absolute Gasteiger partial charge is 0.444 e. The van der Waals surface area contributed by atoms with Gasteiger partial charge < -0.3 is 14.6 Å². The Morgan fingerprint density at radius 2 is 1.96 bits per heavy atom. The smallest absolute Gasteiger partial charge is 0.408 e. The van der Waals surface area contributed by atoms with E-state index in [1.807, 2.05) is 12.1 Å². The lowest BCUT2D eigenvalue weighted by molar-refractivity contribution is 0.0457. The van der Waals surface area contributed by atoms with Gasteiger partial charge in [-0.2, -0.15) is 8.42 Å². The summed E-state index contributed by atoms with van der Waals surface area (Å²) in [7, 11) is -3.84. The molecular weight excluding hydrogens is 372 g/mol. The van der Waals surface area contributed by atoms with E-state index in [4.69, 9.17) is 8.92 Å². The lowest BCUT2D eigenvalue weighted by atomic mass is 10.1. The quantitative estimate of drug-likeness (QED) is 0.631. The van der Waals surface area contributed by atoms with E-state index in [0.717, 1.165) is 11.8 Å². The number of carbonyl (C=O) groups is 2. The number of hydrogen-bond donors (Lipinski definition) is 1. The summed E-state index contributed by atoms with van der Waals surface area (Å²) in [5.41, 5.74) is 0.849. The van der Waals surface area contributed by atoms with Gasteiger partial charge in [-0.1, -0.05) is 18.2 Å². The second kappa shape index (κ2) is 6.65. The molecule has 9 heteroatoms. The first-order chi connectivity index (χ1) is 12.5. The van der Waals surface area contributed by atoms with Gasteiger partial charge in [0.15, 0.2) is 6.29 Å². The summed E-state index contributed by atoms with van der Waals surface area (Å²) in [6, 6.07) is 6.55.